The van der Waals surface area contributed by atoms with Crippen LogP contribution in [0, 0.1) is 0 Å². The van der Waals surface area contributed by atoms with E-state index < -0.39 is 24.1 Å². The summed E-state index contributed by atoms with van der Waals surface area (Å²) in [6.45, 7) is 1.82. The number of urea groups is 1. The second-order valence-corrected chi connectivity index (χ2v) is 6.46. The number of hydrogen-bond donors (Lipinski definition) is 3. The van der Waals surface area contributed by atoms with Crippen LogP contribution < -0.4 is 5.32 Å². The number of carboxylic acid groups (broad SMARTS) is 1. The highest BCUT2D eigenvalue weighted by Crippen LogP contribution is 2.27. The molecule has 1 aliphatic heterocycles. The lowest BCUT2D eigenvalue weighted by atomic mass is 10.2. The van der Waals surface area contributed by atoms with Crippen molar-refractivity contribution in [3.05, 3.63) is 21.3 Å². The zero-order valence-corrected chi connectivity index (χ0v) is 12.3. The normalized spacial score (nSPS) is 23.6. The van der Waals surface area contributed by atoms with Crippen molar-refractivity contribution in [2.24, 2.45) is 0 Å². The number of aliphatic hydroxyl groups is 1. The van der Waals surface area contributed by atoms with E-state index in [9.17, 15) is 14.7 Å². The number of amides is 2. The van der Waals surface area contributed by atoms with E-state index in [4.69, 9.17) is 16.7 Å². The minimum absolute atomic E-state index is 0.0285. The third-order valence-electron chi connectivity index (χ3n) is 3.19. The van der Waals surface area contributed by atoms with Crippen molar-refractivity contribution in [1.29, 1.82) is 0 Å². The fraction of sp³-hybridized carbons (Fsp3) is 0.500. The number of rotatable bonds is 3. The Morgan fingerprint density at radius 1 is 1.55 bits per heavy atom. The number of β-amino-alcohol motifs (C(OH)–C–C–N with tert-alkyl or cyclic N) is 1. The largest absolute Gasteiger partial charge is 0.480 e. The van der Waals surface area contributed by atoms with Crippen molar-refractivity contribution in [3.8, 4) is 0 Å². The van der Waals surface area contributed by atoms with Gasteiger partial charge in [0.25, 0.3) is 0 Å². The second-order valence-electron chi connectivity index (χ2n) is 4.71. The average Bonchev–Trinajstić information content (AvgIpc) is 2.95. The molecule has 1 saturated heterocycles. The number of nitrogens with one attached hydrogen (secondary N) is 1. The summed E-state index contributed by atoms with van der Waals surface area (Å²) in [6, 6.07) is 1.80. The van der Waals surface area contributed by atoms with Crippen LogP contribution in [0.1, 0.15) is 24.3 Å². The molecule has 110 valence electrons. The Balaban J connectivity index is 2.02. The number of thiophene rings is 1. The van der Waals surface area contributed by atoms with Crippen LogP contribution in [0.4, 0.5) is 4.79 Å². The van der Waals surface area contributed by atoms with Gasteiger partial charge < -0.3 is 20.4 Å². The molecule has 3 atom stereocenters. The molecule has 1 aromatic heterocycles. The maximum absolute atomic E-state index is 12.1. The number of aliphatic carboxylic acids is 1. The highest BCUT2D eigenvalue weighted by molar-refractivity contribution is 7.16. The van der Waals surface area contributed by atoms with Gasteiger partial charge in [-0.15, -0.1) is 11.3 Å². The molecule has 0 bridgehead atoms. The van der Waals surface area contributed by atoms with Crippen molar-refractivity contribution in [3.63, 3.8) is 0 Å². The Bertz CT molecular complexity index is 521. The predicted octanol–water partition coefficient (Wildman–Crippen LogP) is 1.69. The topological polar surface area (TPSA) is 89.9 Å². The van der Waals surface area contributed by atoms with E-state index in [-0.39, 0.29) is 19.0 Å². The van der Waals surface area contributed by atoms with Crippen molar-refractivity contribution >= 4 is 34.9 Å². The lowest BCUT2D eigenvalue weighted by Gasteiger charge is -2.23. The monoisotopic (exact) mass is 318 g/mol. The third kappa shape index (κ3) is 3.23. The molecule has 6 nitrogen and oxygen atoms in total. The Hall–Kier alpha value is -1.31. The van der Waals surface area contributed by atoms with Gasteiger partial charge in [-0.05, 0) is 19.1 Å². The maximum Gasteiger partial charge on any atom is 0.326 e. The number of hydrogen-bond acceptors (Lipinski definition) is 4. The van der Waals surface area contributed by atoms with Gasteiger partial charge in [-0.3, -0.25) is 0 Å². The molecule has 2 amide bonds. The summed E-state index contributed by atoms with van der Waals surface area (Å²) in [5, 5.41) is 21.3. The van der Waals surface area contributed by atoms with Gasteiger partial charge in [0.15, 0.2) is 0 Å². The lowest BCUT2D eigenvalue weighted by molar-refractivity contribution is -0.141. The summed E-state index contributed by atoms with van der Waals surface area (Å²) in [5.74, 6) is -1.11. The molecule has 0 aliphatic carbocycles. The Kier molecular flexibility index (Phi) is 4.52. The van der Waals surface area contributed by atoms with Gasteiger partial charge in [0, 0.05) is 17.8 Å². The molecule has 2 rings (SSSR count). The van der Waals surface area contributed by atoms with Crippen LogP contribution in [0.5, 0.6) is 0 Å². The van der Waals surface area contributed by atoms with Gasteiger partial charge in [-0.2, -0.15) is 0 Å². The van der Waals surface area contributed by atoms with Gasteiger partial charge in [0.1, 0.15) is 6.04 Å². The predicted molar refractivity (Wildman–Crippen MR) is 75.0 cm³/mol. The highest BCUT2D eigenvalue weighted by Gasteiger charge is 2.39. The smallest absolute Gasteiger partial charge is 0.326 e. The van der Waals surface area contributed by atoms with E-state index in [1.165, 1.54) is 11.3 Å². The zero-order chi connectivity index (χ0) is 14.9. The molecule has 8 heteroatoms. The first-order valence-corrected chi connectivity index (χ1v) is 7.31. The Morgan fingerprint density at radius 2 is 2.25 bits per heavy atom. The minimum atomic E-state index is -1.11. The van der Waals surface area contributed by atoms with Gasteiger partial charge >= 0.3 is 12.0 Å². The van der Waals surface area contributed by atoms with Crippen molar-refractivity contribution < 1.29 is 19.8 Å². The first-order valence-electron chi connectivity index (χ1n) is 6.11. The van der Waals surface area contributed by atoms with Crippen LogP contribution in [0.2, 0.25) is 4.34 Å². The van der Waals surface area contributed by atoms with Crippen LogP contribution in [0.15, 0.2) is 12.1 Å². The Labute approximate surface area is 125 Å². The number of carbonyl (C=O) groups is 2. The van der Waals surface area contributed by atoms with Crippen molar-refractivity contribution in [1.82, 2.24) is 10.2 Å². The first-order chi connectivity index (χ1) is 9.38. The summed E-state index contributed by atoms with van der Waals surface area (Å²) in [6.07, 6.45) is -0.740. The molecular formula is C12H15ClN2O4S. The fourth-order valence-electron chi connectivity index (χ4n) is 2.17. The van der Waals surface area contributed by atoms with E-state index in [1.807, 2.05) is 6.07 Å². The summed E-state index contributed by atoms with van der Waals surface area (Å²) < 4.78 is 0.626. The summed E-state index contributed by atoms with van der Waals surface area (Å²) in [5.41, 5.74) is 0. The van der Waals surface area contributed by atoms with Gasteiger partial charge in [-0.25, -0.2) is 9.59 Å². The van der Waals surface area contributed by atoms with E-state index in [1.54, 1.807) is 13.0 Å². The van der Waals surface area contributed by atoms with E-state index in [0.717, 1.165) is 9.78 Å². The first kappa shape index (κ1) is 15.1. The summed E-state index contributed by atoms with van der Waals surface area (Å²) in [4.78, 5) is 25.2. The fourth-order valence-corrected chi connectivity index (χ4v) is 3.24. The van der Waals surface area contributed by atoms with Crippen LogP contribution in [-0.4, -0.2) is 45.8 Å². The number of nitrogens with zero attached hydrogens (tertiary/aromatic N) is 1. The highest BCUT2D eigenvalue weighted by atomic mass is 35.5. The molecular weight excluding hydrogens is 304 g/mol. The van der Waals surface area contributed by atoms with Gasteiger partial charge in [0.2, 0.25) is 0 Å². The summed E-state index contributed by atoms with van der Waals surface area (Å²) in [7, 11) is 0. The molecule has 0 saturated carbocycles. The van der Waals surface area contributed by atoms with Gasteiger partial charge in [-0.1, -0.05) is 11.6 Å². The van der Waals surface area contributed by atoms with Crippen molar-refractivity contribution in [2.75, 3.05) is 6.54 Å². The van der Waals surface area contributed by atoms with Gasteiger partial charge in [0.05, 0.1) is 16.5 Å². The van der Waals surface area contributed by atoms with Crippen LogP contribution >= 0.6 is 22.9 Å². The molecule has 1 aromatic rings. The molecule has 0 aromatic carbocycles. The SMILES string of the molecule is CC(NC(=O)N1C[C@H](O)C[C@H]1C(=O)O)c1ccc(Cl)s1. The number of halogens is 1. The van der Waals surface area contributed by atoms with E-state index in [2.05, 4.69) is 5.32 Å². The molecule has 3 N–H and O–H groups in total. The number of aliphatic hydroxyl groups excluding tert-OH is 1. The minimum Gasteiger partial charge on any atom is -0.480 e. The van der Waals surface area contributed by atoms with E-state index in [0.29, 0.717) is 4.34 Å². The number of carbonyl (C=O) groups excluding carboxylic acids is 1. The molecule has 1 aliphatic rings. The van der Waals surface area contributed by atoms with Crippen LogP contribution in [0.3, 0.4) is 0 Å². The van der Waals surface area contributed by atoms with E-state index >= 15 is 0 Å². The molecule has 20 heavy (non-hydrogen) atoms. The maximum atomic E-state index is 12.1. The molecule has 1 fully saturated rings. The van der Waals surface area contributed by atoms with Crippen LogP contribution in [0.25, 0.3) is 0 Å². The van der Waals surface area contributed by atoms with Crippen molar-refractivity contribution in [2.45, 2.75) is 31.5 Å². The third-order valence-corrected chi connectivity index (χ3v) is 4.60. The number of likely N-dealkylation sites (tertiary alicyclic amines) is 1. The average molecular weight is 319 g/mol. The lowest BCUT2D eigenvalue weighted by Crippen LogP contribution is -2.46. The summed E-state index contributed by atoms with van der Waals surface area (Å²) >= 11 is 7.19. The standard InChI is InChI=1S/C12H15ClN2O4S/c1-6(9-2-3-10(13)20-9)14-12(19)15-5-7(16)4-8(15)11(17)18/h2-3,6-8,16H,4-5H2,1H3,(H,14,19)(H,17,18)/t6?,7-,8+/m1/s1. The number of carboxylic acids is 1. The quantitative estimate of drug-likeness (QED) is 0.791. The molecule has 0 spiro atoms. The molecule has 1 unspecified atom stereocenters. The Morgan fingerprint density at radius 3 is 2.80 bits per heavy atom. The molecule has 2 heterocycles. The van der Waals surface area contributed by atoms with Crippen LogP contribution in [-0.2, 0) is 4.79 Å². The zero-order valence-electron chi connectivity index (χ0n) is 10.7. The second kappa shape index (κ2) is 5.99. The molecule has 0 radical (unpaired) electrons.